The average molecular weight is 247 g/mol. The van der Waals surface area contributed by atoms with E-state index >= 15 is 0 Å². The quantitative estimate of drug-likeness (QED) is 0.887. The molecule has 0 aliphatic rings. The zero-order chi connectivity index (χ0) is 12.6. The van der Waals surface area contributed by atoms with Crippen LogP contribution in [-0.4, -0.2) is 10.2 Å². The van der Waals surface area contributed by atoms with Crippen molar-refractivity contribution in [3.63, 3.8) is 0 Å². The van der Waals surface area contributed by atoms with Gasteiger partial charge in [-0.15, -0.1) is 10.2 Å². The van der Waals surface area contributed by atoms with Gasteiger partial charge in [0.25, 0.3) is 0 Å². The van der Waals surface area contributed by atoms with Gasteiger partial charge in [0.15, 0.2) is 0 Å². The fraction of sp³-hybridized carbons (Fsp3) is 0.385. The van der Waals surface area contributed by atoms with Crippen molar-refractivity contribution >= 4 is 11.3 Å². The number of rotatable bonds is 2. The molecule has 1 unspecified atom stereocenters. The van der Waals surface area contributed by atoms with Crippen molar-refractivity contribution in [2.45, 2.75) is 33.7 Å². The second kappa shape index (κ2) is 4.55. The maximum atomic E-state index is 5.81. The van der Waals surface area contributed by atoms with Gasteiger partial charge in [-0.2, -0.15) is 0 Å². The van der Waals surface area contributed by atoms with Gasteiger partial charge in [0.05, 0.1) is 6.04 Å². The molecule has 0 saturated carbocycles. The van der Waals surface area contributed by atoms with Crippen molar-refractivity contribution in [2.24, 2.45) is 5.73 Å². The molecule has 0 fully saturated rings. The highest BCUT2D eigenvalue weighted by molar-refractivity contribution is 7.14. The van der Waals surface area contributed by atoms with Crippen molar-refractivity contribution in [3.8, 4) is 10.6 Å². The molecule has 0 aliphatic carbocycles. The first-order valence-electron chi connectivity index (χ1n) is 5.66. The number of aryl methyl sites for hydroxylation is 3. The molecule has 3 nitrogen and oxygen atoms in total. The summed E-state index contributed by atoms with van der Waals surface area (Å²) in [5, 5.41) is 10.2. The first kappa shape index (κ1) is 12.2. The highest BCUT2D eigenvalue weighted by atomic mass is 32.1. The molecule has 17 heavy (non-hydrogen) atoms. The lowest BCUT2D eigenvalue weighted by Crippen LogP contribution is -2.03. The summed E-state index contributed by atoms with van der Waals surface area (Å²) in [5.74, 6) is 0. The SMILES string of the molecule is Cc1cc(C)c(-c2nnc(C(C)N)s2)c(C)c1. The summed E-state index contributed by atoms with van der Waals surface area (Å²) in [4.78, 5) is 0. The Morgan fingerprint density at radius 2 is 1.71 bits per heavy atom. The molecule has 1 heterocycles. The highest BCUT2D eigenvalue weighted by Crippen LogP contribution is 2.31. The van der Waals surface area contributed by atoms with E-state index in [1.807, 2.05) is 6.92 Å². The maximum absolute atomic E-state index is 5.81. The smallest absolute Gasteiger partial charge is 0.148 e. The Labute approximate surface area is 106 Å². The van der Waals surface area contributed by atoms with Crippen molar-refractivity contribution in [2.75, 3.05) is 0 Å². The lowest BCUT2D eigenvalue weighted by molar-refractivity contribution is 0.786. The van der Waals surface area contributed by atoms with E-state index in [1.54, 1.807) is 11.3 Å². The van der Waals surface area contributed by atoms with Gasteiger partial charge in [-0.3, -0.25) is 0 Å². The molecule has 2 N–H and O–H groups in total. The number of benzene rings is 1. The van der Waals surface area contributed by atoms with Gasteiger partial charge in [0.2, 0.25) is 0 Å². The zero-order valence-electron chi connectivity index (χ0n) is 10.6. The fourth-order valence-corrected chi connectivity index (χ4v) is 3.01. The molecule has 4 heteroatoms. The van der Waals surface area contributed by atoms with Crippen LogP contribution in [0, 0.1) is 20.8 Å². The Morgan fingerprint density at radius 1 is 1.12 bits per heavy atom. The third kappa shape index (κ3) is 2.37. The monoisotopic (exact) mass is 247 g/mol. The minimum absolute atomic E-state index is 0.0488. The predicted molar refractivity (Wildman–Crippen MR) is 72.2 cm³/mol. The second-order valence-corrected chi connectivity index (χ2v) is 5.52. The summed E-state index contributed by atoms with van der Waals surface area (Å²) in [6.45, 7) is 8.26. The Hall–Kier alpha value is -1.26. The summed E-state index contributed by atoms with van der Waals surface area (Å²) in [6, 6.07) is 4.30. The summed E-state index contributed by atoms with van der Waals surface area (Å²) in [6.07, 6.45) is 0. The van der Waals surface area contributed by atoms with Crippen LogP contribution >= 0.6 is 11.3 Å². The summed E-state index contributed by atoms with van der Waals surface area (Å²) >= 11 is 1.58. The fourth-order valence-electron chi connectivity index (χ4n) is 2.04. The highest BCUT2D eigenvalue weighted by Gasteiger charge is 2.13. The van der Waals surface area contributed by atoms with Crippen LogP contribution in [0.2, 0.25) is 0 Å². The molecule has 0 saturated heterocycles. The predicted octanol–water partition coefficient (Wildman–Crippen LogP) is 3.15. The molecular formula is C13H17N3S. The molecule has 0 bridgehead atoms. The van der Waals surface area contributed by atoms with Crippen LogP contribution in [-0.2, 0) is 0 Å². The summed E-state index contributed by atoms with van der Waals surface area (Å²) in [7, 11) is 0. The molecular weight excluding hydrogens is 230 g/mol. The third-order valence-corrected chi connectivity index (χ3v) is 3.86. The number of aromatic nitrogens is 2. The van der Waals surface area contributed by atoms with Gasteiger partial charge in [-0.25, -0.2) is 0 Å². The molecule has 0 aliphatic heterocycles. The van der Waals surface area contributed by atoms with E-state index in [0.29, 0.717) is 0 Å². The van der Waals surface area contributed by atoms with E-state index in [1.165, 1.54) is 22.3 Å². The van der Waals surface area contributed by atoms with E-state index in [4.69, 9.17) is 5.73 Å². The molecule has 1 aromatic heterocycles. The van der Waals surface area contributed by atoms with Crippen molar-refractivity contribution < 1.29 is 0 Å². The lowest BCUT2D eigenvalue weighted by atomic mass is 10.0. The van der Waals surface area contributed by atoms with Crippen molar-refractivity contribution in [3.05, 3.63) is 33.8 Å². The molecule has 1 atom stereocenters. The molecule has 0 spiro atoms. The average Bonchev–Trinajstić information content (AvgIpc) is 2.65. The van der Waals surface area contributed by atoms with Gasteiger partial charge < -0.3 is 5.73 Å². The van der Waals surface area contributed by atoms with Crippen LogP contribution in [0.4, 0.5) is 0 Å². The standard InChI is InChI=1S/C13H17N3S/c1-7-5-8(2)11(9(3)6-7)13-16-15-12(17-13)10(4)14/h5-6,10H,14H2,1-4H3. The number of nitrogens with zero attached hydrogens (tertiary/aromatic N) is 2. The van der Waals surface area contributed by atoms with E-state index < -0.39 is 0 Å². The van der Waals surface area contributed by atoms with Crippen molar-refractivity contribution in [1.29, 1.82) is 0 Å². The minimum Gasteiger partial charge on any atom is -0.322 e. The summed E-state index contributed by atoms with van der Waals surface area (Å²) < 4.78 is 0. The Morgan fingerprint density at radius 3 is 2.18 bits per heavy atom. The lowest BCUT2D eigenvalue weighted by Gasteiger charge is -2.07. The first-order valence-corrected chi connectivity index (χ1v) is 6.48. The number of hydrogen-bond acceptors (Lipinski definition) is 4. The van der Waals surface area contributed by atoms with E-state index in [2.05, 4.69) is 43.1 Å². The molecule has 90 valence electrons. The van der Waals surface area contributed by atoms with Gasteiger partial charge >= 0.3 is 0 Å². The molecule has 1 aromatic carbocycles. The Kier molecular flexibility index (Phi) is 3.26. The van der Waals surface area contributed by atoms with Gasteiger partial charge in [0.1, 0.15) is 10.0 Å². The van der Waals surface area contributed by atoms with Crippen LogP contribution in [0.3, 0.4) is 0 Å². The normalized spacial score (nSPS) is 12.8. The molecule has 0 radical (unpaired) electrons. The van der Waals surface area contributed by atoms with Crippen LogP contribution in [0.25, 0.3) is 10.6 Å². The zero-order valence-corrected chi connectivity index (χ0v) is 11.4. The molecule has 2 rings (SSSR count). The second-order valence-electron chi connectivity index (χ2n) is 4.51. The van der Waals surface area contributed by atoms with Crippen LogP contribution in [0.15, 0.2) is 12.1 Å². The van der Waals surface area contributed by atoms with Crippen LogP contribution in [0.5, 0.6) is 0 Å². The molecule has 0 amide bonds. The van der Waals surface area contributed by atoms with E-state index in [-0.39, 0.29) is 6.04 Å². The largest absolute Gasteiger partial charge is 0.322 e. The minimum atomic E-state index is -0.0488. The third-order valence-electron chi connectivity index (χ3n) is 2.72. The van der Waals surface area contributed by atoms with Gasteiger partial charge in [0, 0.05) is 5.56 Å². The maximum Gasteiger partial charge on any atom is 0.148 e. The Balaban J connectivity index is 2.52. The van der Waals surface area contributed by atoms with Crippen molar-refractivity contribution in [1.82, 2.24) is 10.2 Å². The van der Waals surface area contributed by atoms with Gasteiger partial charge in [-0.05, 0) is 38.8 Å². The van der Waals surface area contributed by atoms with Crippen LogP contribution < -0.4 is 5.73 Å². The topological polar surface area (TPSA) is 51.8 Å². The number of nitrogens with two attached hydrogens (primary N) is 1. The summed E-state index contributed by atoms with van der Waals surface area (Å²) in [5.41, 5.74) is 10.8. The van der Waals surface area contributed by atoms with Gasteiger partial charge in [-0.1, -0.05) is 29.0 Å². The number of hydrogen-bond donors (Lipinski definition) is 1. The first-order chi connectivity index (χ1) is 7.99. The van der Waals surface area contributed by atoms with Crippen LogP contribution in [0.1, 0.15) is 34.7 Å². The molecule has 2 aromatic rings. The van der Waals surface area contributed by atoms with E-state index in [9.17, 15) is 0 Å². The Bertz CT molecular complexity index is 520. The van der Waals surface area contributed by atoms with E-state index in [0.717, 1.165) is 10.0 Å².